The lowest BCUT2D eigenvalue weighted by Gasteiger charge is -2.13. The number of nitrogens with one attached hydrogen (secondary N) is 2. The predicted octanol–water partition coefficient (Wildman–Crippen LogP) is 2.78. The summed E-state index contributed by atoms with van der Waals surface area (Å²) < 4.78 is 24.8. The predicted molar refractivity (Wildman–Crippen MR) is 102 cm³/mol. The van der Waals surface area contributed by atoms with E-state index in [0.717, 1.165) is 6.26 Å². The fourth-order valence-corrected chi connectivity index (χ4v) is 3.91. The molecule has 0 heterocycles. The number of amidine groups is 1. The highest BCUT2D eigenvalue weighted by atomic mass is 32.2. The van der Waals surface area contributed by atoms with Crippen molar-refractivity contribution in [1.29, 1.82) is 5.41 Å². The third kappa shape index (κ3) is 3.43. The van der Waals surface area contributed by atoms with Gasteiger partial charge in [-0.05, 0) is 29.7 Å². The molecule has 3 aromatic rings. The Bertz CT molecular complexity index is 1120. The first kappa shape index (κ1) is 17.6. The van der Waals surface area contributed by atoms with Crippen molar-refractivity contribution in [2.75, 3.05) is 11.6 Å². The molecule has 0 fully saturated rings. The molecule has 0 atom stereocenters. The average molecular weight is 367 g/mol. The zero-order chi connectivity index (χ0) is 18.9. The van der Waals surface area contributed by atoms with E-state index in [4.69, 9.17) is 11.1 Å². The Morgan fingerprint density at radius 2 is 1.73 bits per heavy atom. The smallest absolute Gasteiger partial charge is 0.257 e. The minimum Gasteiger partial charge on any atom is -0.384 e. The number of anilines is 1. The normalized spacial score (nSPS) is 11.3. The first-order valence-corrected chi connectivity index (χ1v) is 9.64. The van der Waals surface area contributed by atoms with Gasteiger partial charge in [-0.3, -0.25) is 10.2 Å². The molecule has 0 bridgehead atoms. The number of hydrogen-bond donors (Lipinski definition) is 3. The summed E-state index contributed by atoms with van der Waals surface area (Å²) in [5.74, 6) is -0.618. The highest BCUT2D eigenvalue weighted by Gasteiger charge is 2.22. The maximum absolute atomic E-state index is 12.7. The summed E-state index contributed by atoms with van der Waals surface area (Å²) in [5.41, 5.74) is 6.62. The van der Waals surface area contributed by atoms with Crippen LogP contribution in [0.4, 0.5) is 5.69 Å². The van der Waals surface area contributed by atoms with Crippen molar-refractivity contribution in [3.8, 4) is 0 Å². The van der Waals surface area contributed by atoms with Gasteiger partial charge in [0.2, 0.25) is 0 Å². The summed E-state index contributed by atoms with van der Waals surface area (Å²) in [5, 5.41) is 11.2. The van der Waals surface area contributed by atoms with Crippen LogP contribution in [0.3, 0.4) is 0 Å². The number of carbonyl (C=O) groups is 1. The lowest BCUT2D eigenvalue weighted by atomic mass is 10.0. The van der Waals surface area contributed by atoms with Gasteiger partial charge in [0.1, 0.15) is 5.84 Å². The number of sulfone groups is 1. The molecule has 0 saturated heterocycles. The van der Waals surface area contributed by atoms with E-state index in [-0.39, 0.29) is 16.3 Å². The van der Waals surface area contributed by atoms with E-state index in [1.54, 1.807) is 48.5 Å². The van der Waals surface area contributed by atoms with Crippen LogP contribution in [0.25, 0.3) is 10.8 Å². The number of nitrogen functional groups attached to an aromatic ring is 1. The monoisotopic (exact) mass is 367 g/mol. The molecular weight excluding hydrogens is 350 g/mol. The number of benzene rings is 3. The second kappa shape index (κ2) is 6.61. The third-order valence-corrected chi connectivity index (χ3v) is 5.11. The standard InChI is InChI=1S/C19H17N3O3S/c1-26(24,25)17-15-9-8-13(18(20)21)11-12(15)7-10-16(17)19(23)22-14-5-3-2-4-6-14/h2-11H,1H3,(H3,20,21)(H,22,23). The van der Waals surface area contributed by atoms with E-state index in [1.807, 2.05) is 6.07 Å². The molecule has 0 spiro atoms. The number of nitrogens with two attached hydrogens (primary N) is 1. The molecule has 0 radical (unpaired) electrons. The Morgan fingerprint density at radius 1 is 1.04 bits per heavy atom. The minimum absolute atomic E-state index is 0.0430. The van der Waals surface area contributed by atoms with Crippen LogP contribution < -0.4 is 11.1 Å². The van der Waals surface area contributed by atoms with Gasteiger partial charge >= 0.3 is 0 Å². The van der Waals surface area contributed by atoms with Crippen molar-refractivity contribution in [1.82, 2.24) is 0 Å². The van der Waals surface area contributed by atoms with E-state index < -0.39 is 15.7 Å². The zero-order valence-corrected chi connectivity index (χ0v) is 14.8. The van der Waals surface area contributed by atoms with E-state index in [0.29, 0.717) is 22.0 Å². The molecule has 3 aromatic carbocycles. The minimum atomic E-state index is -3.68. The van der Waals surface area contributed by atoms with Gasteiger partial charge in [0, 0.05) is 22.9 Å². The molecule has 0 aliphatic carbocycles. The van der Waals surface area contributed by atoms with Crippen molar-refractivity contribution in [2.24, 2.45) is 5.73 Å². The highest BCUT2D eigenvalue weighted by Crippen LogP contribution is 2.28. The second-order valence-electron chi connectivity index (χ2n) is 5.88. The van der Waals surface area contributed by atoms with Gasteiger partial charge in [0.15, 0.2) is 9.84 Å². The van der Waals surface area contributed by atoms with Crippen LogP contribution in [0, 0.1) is 5.41 Å². The Kier molecular flexibility index (Phi) is 4.48. The van der Waals surface area contributed by atoms with Crippen molar-refractivity contribution in [3.05, 3.63) is 71.8 Å². The van der Waals surface area contributed by atoms with Crippen LogP contribution in [-0.2, 0) is 9.84 Å². The lowest BCUT2D eigenvalue weighted by molar-refractivity contribution is 0.102. The molecule has 0 aromatic heterocycles. The lowest BCUT2D eigenvalue weighted by Crippen LogP contribution is -2.16. The molecule has 0 unspecified atom stereocenters. The Hall–Kier alpha value is -3.19. The first-order chi connectivity index (χ1) is 12.3. The molecule has 4 N–H and O–H groups in total. The molecule has 132 valence electrons. The van der Waals surface area contributed by atoms with Crippen LogP contribution in [0.5, 0.6) is 0 Å². The molecule has 7 heteroatoms. The molecule has 0 aliphatic rings. The third-order valence-electron chi connectivity index (χ3n) is 3.93. The Morgan fingerprint density at radius 3 is 2.35 bits per heavy atom. The summed E-state index contributed by atoms with van der Waals surface area (Å²) in [4.78, 5) is 12.6. The van der Waals surface area contributed by atoms with Crippen LogP contribution >= 0.6 is 0 Å². The van der Waals surface area contributed by atoms with Gasteiger partial charge in [0.25, 0.3) is 5.91 Å². The van der Waals surface area contributed by atoms with Gasteiger partial charge in [-0.2, -0.15) is 0 Å². The molecule has 3 rings (SSSR count). The number of amides is 1. The molecule has 0 saturated carbocycles. The van der Waals surface area contributed by atoms with E-state index in [9.17, 15) is 13.2 Å². The largest absolute Gasteiger partial charge is 0.384 e. The van der Waals surface area contributed by atoms with Crippen LogP contribution in [0.1, 0.15) is 15.9 Å². The van der Waals surface area contributed by atoms with E-state index >= 15 is 0 Å². The maximum atomic E-state index is 12.7. The van der Waals surface area contributed by atoms with E-state index in [1.165, 1.54) is 6.07 Å². The van der Waals surface area contributed by atoms with Crippen LogP contribution in [0.2, 0.25) is 0 Å². The van der Waals surface area contributed by atoms with E-state index in [2.05, 4.69) is 5.32 Å². The fraction of sp³-hybridized carbons (Fsp3) is 0.0526. The molecule has 6 nitrogen and oxygen atoms in total. The molecule has 26 heavy (non-hydrogen) atoms. The quantitative estimate of drug-likeness (QED) is 0.486. The number of para-hydroxylation sites is 1. The summed E-state index contributed by atoms with van der Waals surface area (Å²) in [6.45, 7) is 0. The SMILES string of the molecule is CS(=O)(=O)c1c(C(=O)Nc2ccccc2)ccc2cc(C(=N)N)ccc12. The van der Waals surface area contributed by atoms with Crippen LogP contribution in [-0.4, -0.2) is 26.4 Å². The Labute approximate surface area is 151 Å². The molecule has 1 amide bonds. The highest BCUT2D eigenvalue weighted by molar-refractivity contribution is 7.91. The second-order valence-corrected chi connectivity index (χ2v) is 7.84. The average Bonchev–Trinajstić information content (AvgIpc) is 2.60. The molecule has 0 aliphatic heterocycles. The maximum Gasteiger partial charge on any atom is 0.257 e. The van der Waals surface area contributed by atoms with Gasteiger partial charge in [0.05, 0.1) is 10.5 Å². The summed E-state index contributed by atoms with van der Waals surface area (Å²) in [7, 11) is -3.68. The number of fused-ring (bicyclic) bond motifs is 1. The van der Waals surface area contributed by atoms with Crippen molar-refractivity contribution < 1.29 is 13.2 Å². The summed E-state index contributed by atoms with van der Waals surface area (Å²) in [6.07, 6.45) is 1.07. The van der Waals surface area contributed by atoms with Gasteiger partial charge in [-0.15, -0.1) is 0 Å². The number of carbonyl (C=O) groups excluding carboxylic acids is 1. The fourth-order valence-electron chi connectivity index (χ4n) is 2.77. The van der Waals surface area contributed by atoms with Crippen molar-refractivity contribution >= 4 is 38.0 Å². The number of rotatable bonds is 4. The van der Waals surface area contributed by atoms with Gasteiger partial charge in [-0.1, -0.05) is 36.4 Å². The number of hydrogen-bond acceptors (Lipinski definition) is 4. The summed E-state index contributed by atoms with van der Waals surface area (Å²) >= 11 is 0. The van der Waals surface area contributed by atoms with Crippen molar-refractivity contribution in [3.63, 3.8) is 0 Å². The first-order valence-electron chi connectivity index (χ1n) is 7.75. The zero-order valence-electron chi connectivity index (χ0n) is 14.0. The van der Waals surface area contributed by atoms with Gasteiger partial charge < -0.3 is 11.1 Å². The van der Waals surface area contributed by atoms with Crippen molar-refractivity contribution in [2.45, 2.75) is 4.90 Å². The Balaban J connectivity index is 2.17. The van der Waals surface area contributed by atoms with Gasteiger partial charge in [-0.25, -0.2) is 8.42 Å². The van der Waals surface area contributed by atoms with Crippen LogP contribution in [0.15, 0.2) is 65.6 Å². The molecular formula is C19H17N3O3S. The topological polar surface area (TPSA) is 113 Å². The summed E-state index contributed by atoms with van der Waals surface area (Å²) in [6, 6.07) is 16.7.